The molecule has 0 saturated carbocycles. The van der Waals surface area contributed by atoms with Crippen LogP contribution in [0.5, 0.6) is 0 Å². The average Bonchev–Trinajstić information content (AvgIpc) is 2.94. The van der Waals surface area contributed by atoms with Crippen molar-refractivity contribution in [3.8, 4) is 0 Å². The van der Waals surface area contributed by atoms with Gasteiger partial charge < -0.3 is 21.3 Å². The highest BCUT2D eigenvalue weighted by Crippen LogP contribution is 2.17. The van der Waals surface area contributed by atoms with Crippen molar-refractivity contribution in [3.05, 3.63) is 35.9 Å². The first-order chi connectivity index (χ1) is 11.4. The van der Waals surface area contributed by atoms with E-state index in [2.05, 4.69) is 10.6 Å². The molecule has 7 heteroatoms. The minimum atomic E-state index is -0.580. The maximum atomic E-state index is 12.4. The molecule has 0 bridgehead atoms. The first kappa shape index (κ1) is 17.9. The van der Waals surface area contributed by atoms with E-state index in [0.717, 1.165) is 0 Å². The Hall–Kier alpha value is -2.41. The van der Waals surface area contributed by atoms with Gasteiger partial charge in [0.05, 0.1) is 6.54 Å². The SMILES string of the molecule is CC(C)NC(=O)[C@@H]1C[C@@H](N)CN1C(=O)CNC(=O)c1ccccc1. The summed E-state index contributed by atoms with van der Waals surface area (Å²) in [7, 11) is 0. The molecule has 130 valence electrons. The van der Waals surface area contributed by atoms with Gasteiger partial charge in [-0.3, -0.25) is 14.4 Å². The molecule has 1 aromatic rings. The summed E-state index contributed by atoms with van der Waals surface area (Å²) in [4.78, 5) is 38.1. The molecule has 0 unspecified atom stereocenters. The zero-order valence-corrected chi connectivity index (χ0v) is 14.0. The minimum absolute atomic E-state index is 0.0101. The average molecular weight is 332 g/mol. The second-order valence-electron chi connectivity index (χ2n) is 6.27. The van der Waals surface area contributed by atoms with Crippen LogP contribution in [0.2, 0.25) is 0 Å². The van der Waals surface area contributed by atoms with Crippen molar-refractivity contribution in [2.24, 2.45) is 5.73 Å². The Labute approximate surface area is 141 Å². The van der Waals surface area contributed by atoms with Crippen molar-refractivity contribution in [2.75, 3.05) is 13.1 Å². The van der Waals surface area contributed by atoms with Crippen molar-refractivity contribution >= 4 is 17.7 Å². The van der Waals surface area contributed by atoms with Crippen molar-refractivity contribution in [3.63, 3.8) is 0 Å². The van der Waals surface area contributed by atoms with Crippen LogP contribution in [0, 0.1) is 0 Å². The molecule has 7 nitrogen and oxygen atoms in total. The quantitative estimate of drug-likeness (QED) is 0.698. The van der Waals surface area contributed by atoms with Crippen LogP contribution in [0.15, 0.2) is 30.3 Å². The maximum absolute atomic E-state index is 12.4. The summed E-state index contributed by atoms with van der Waals surface area (Å²) in [6.45, 7) is 3.88. The first-order valence-corrected chi connectivity index (χ1v) is 8.07. The molecule has 0 spiro atoms. The van der Waals surface area contributed by atoms with Gasteiger partial charge in [-0.25, -0.2) is 0 Å². The molecule has 1 heterocycles. The number of rotatable bonds is 5. The monoisotopic (exact) mass is 332 g/mol. The lowest BCUT2D eigenvalue weighted by Gasteiger charge is -2.24. The van der Waals surface area contributed by atoms with E-state index in [-0.39, 0.29) is 36.3 Å². The zero-order chi connectivity index (χ0) is 17.7. The van der Waals surface area contributed by atoms with Gasteiger partial charge in [0, 0.05) is 24.2 Å². The summed E-state index contributed by atoms with van der Waals surface area (Å²) in [5.41, 5.74) is 6.39. The van der Waals surface area contributed by atoms with Crippen LogP contribution < -0.4 is 16.4 Å². The van der Waals surface area contributed by atoms with Gasteiger partial charge >= 0.3 is 0 Å². The van der Waals surface area contributed by atoms with Crippen molar-refractivity contribution in [2.45, 2.75) is 38.4 Å². The van der Waals surface area contributed by atoms with E-state index >= 15 is 0 Å². The summed E-state index contributed by atoms with van der Waals surface area (Å²) in [5.74, 6) is -0.840. The van der Waals surface area contributed by atoms with Gasteiger partial charge in [0.25, 0.3) is 5.91 Å². The van der Waals surface area contributed by atoms with Gasteiger partial charge in [-0.1, -0.05) is 18.2 Å². The molecule has 0 radical (unpaired) electrons. The third-order valence-electron chi connectivity index (χ3n) is 3.82. The molecule has 1 fully saturated rings. The third-order valence-corrected chi connectivity index (χ3v) is 3.82. The Morgan fingerprint density at radius 2 is 1.92 bits per heavy atom. The van der Waals surface area contributed by atoms with E-state index in [1.165, 1.54) is 4.90 Å². The molecular weight excluding hydrogens is 308 g/mol. The zero-order valence-electron chi connectivity index (χ0n) is 14.0. The molecule has 1 aromatic carbocycles. The Morgan fingerprint density at radius 1 is 1.25 bits per heavy atom. The summed E-state index contributed by atoms with van der Waals surface area (Å²) in [5, 5.41) is 5.39. The molecule has 1 aliphatic heterocycles. The van der Waals surface area contributed by atoms with E-state index in [9.17, 15) is 14.4 Å². The van der Waals surface area contributed by atoms with E-state index in [1.54, 1.807) is 24.3 Å². The topological polar surface area (TPSA) is 105 Å². The largest absolute Gasteiger partial charge is 0.352 e. The normalized spacial score (nSPS) is 20.1. The molecule has 24 heavy (non-hydrogen) atoms. The number of likely N-dealkylation sites (tertiary alicyclic amines) is 1. The molecule has 0 aliphatic carbocycles. The van der Waals surface area contributed by atoms with E-state index < -0.39 is 6.04 Å². The maximum Gasteiger partial charge on any atom is 0.251 e. The molecule has 4 N–H and O–H groups in total. The van der Waals surface area contributed by atoms with Crippen LogP contribution in [-0.4, -0.2) is 53.8 Å². The number of nitrogens with zero attached hydrogens (tertiary/aromatic N) is 1. The van der Waals surface area contributed by atoms with Crippen LogP contribution in [0.4, 0.5) is 0 Å². The highest BCUT2D eigenvalue weighted by Gasteiger charge is 2.38. The van der Waals surface area contributed by atoms with E-state index in [4.69, 9.17) is 5.73 Å². The molecule has 3 amide bonds. The van der Waals surface area contributed by atoms with Gasteiger partial charge in [-0.15, -0.1) is 0 Å². The van der Waals surface area contributed by atoms with Gasteiger partial charge in [-0.2, -0.15) is 0 Å². The van der Waals surface area contributed by atoms with Gasteiger partial charge in [0.15, 0.2) is 0 Å². The van der Waals surface area contributed by atoms with Crippen molar-refractivity contribution < 1.29 is 14.4 Å². The number of benzene rings is 1. The fourth-order valence-electron chi connectivity index (χ4n) is 2.72. The second-order valence-corrected chi connectivity index (χ2v) is 6.27. The molecule has 2 atom stereocenters. The Morgan fingerprint density at radius 3 is 2.54 bits per heavy atom. The number of carbonyl (C=O) groups excluding carboxylic acids is 3. The predicted octanol–water partition coefficient (Wildman–Crippen LogP) is -0.131. The summed E-state index contributed by atoms with van der Waals surface area (Å²) < 4.78 is 0. The molecule has 1 aliphatic rings. The fraction of sp³-hybridized carbons (Fsp3) is 0.471. The van der Waals surface area contributed by atoms with E-state index in [0.29, 0.717) is 18.5 Å². The third kappa shape index (κ3) is 4.55. The summed E-state index contributed by atoms with van der Waals surface area (Å²) in [6.07, 6.45) is 0.428. The van der Waals surface area contributed by atoms with Crippen LogP contribution >= 0.6 is 0 Å². The standard InChI is InChI=1S/C17H24N4O3/c1-11(2)20-17(24)14-8-13(18)10-21(14)15(22)9-19-16(23)12-6-4-3-5-7-12/h3-7,11,13-14H,8-10,18H2,1-2H3,(H,19,23)(H,20,24)/t13-,14+/m1/s1. The van der Waals surface area contributed by atoms with Crippen LogP contribution in [0.3, 0.4) is 0 Å². The number of nitrogens with two attached hydrogens (primary N) is 1. The number of amides is 3. The summed E-state index contributed by atoms with van der Waals surface area (Å²) in [6, 6.07) is 7.83. The van der Waals surface area contributed by atoms with Gasteiger partial charge in [-0.05, 0) is 32.4 Å². The second kappa shape index (κ2) is 7.92. The van der Waals surface area contributed by atoms with Gasteiger partial charge in [0.2, 0.25) is 11.8 Å². The van der Waals surface area contributed by atoms with Crippen molar-refractivity contribution in [1.82, 2.24) is 15.5 Å². The lowest BCUT2D eigenvalue weighted by Crippen LogP contribution is -2.50. The smallest absolute Gasteiger partial charge is 0.251 e. The predicted molar refractivity (Wildman–Crippen MR) is 90.1 cm³/mol. The Kier molecular flexibility index (Phi) is 5.92. The minimum Gasteiger partial charge on any atom is -0.352 e. The summed E-state index contributed by atoms with van der Waals surface area (Å²) >= 11 is 0. The fourth-order valence-corrected chi connectivity index (χ4v) is 2.72. The molecule has 0 aromatic heterocycles. The number of hydrogen-bond acceptors (Lipinski definition) is 4. The lowest BCUT2D eigenvalue weighted by atomic mass is 10.1. The Balaban J connectivity index is 1.94. The number of nitrogens with one attached hydrogen (secondary N) is 2. The van der Waals surface area contributed by atoms with Crippen LogP contribution in [0.1, 0.15) is 30.6 Å². The van der Waals surface area contributed by atoms with Gasteiger partial charge in [0.1, 0.15) is 6.04 Å². The van der Waals surface area contributed by atoms with Crippen LogP contribution in [-0.2, 0) is 9.59 Å². The van der Waals surface area contributed by atoms with Crippen molar-refractivity contribution in [1.29, 1.82) is 0 Å². The first-order valence-electron chi connectivity index (χ1n) is 8.07. The molecule has 1 saturated heterocycles. The number of carbonyl (C=O) groups is 3. The highest BCUT2D eigenvalue weighted by atomic mass is 16.2. The van der Waals surface area contributed by atoms with E-state index in [1.807, 2.05) is 19.9 Å². The van der Waals surface area contributed by atoms with Crippen LogP contribution in [0.25, 0.3) is 0 Å². The lowest BCUT2D eigenvalue weighted by molar-refractivity contribution is -0.137. The number of hydrogen-bond donors (Lipinski definition) is 3. The molecular formula is C17H24N4O3. The highest BCUT2D eigenvalue weighted by molar-refractivity contribution is 5.97. The Bertz CT molecular complexity index is 603. The molecule has 2 rings (SSSR count).